The Bertz CT molecular complexity index is 703. The molecule has 2 amide bonds. The molecule has 25 heavy (non-hydrogen) atoms. The topological polar surface area (TPSA) is 71.1 Å². The number of hydrogen-bond donors (Lipinski definition) is 2. The van der Waals surface area contributed by atoms with E-state index in [4.69, 9.17) is 0 Å². The van der Waals surface area contributed by atoms with Crippen LogP contribution in [0, 0.1) is 11.8 Å². The molecule has 1 aliphatic rings. The molecule has 130 valence electrons. The third kappa shape index (κ3) is 5.14. The highest BCUT2D eigenvalue weighted by Gasteiger charge is 2.47. The minimum absolute atomic E-state index is 0.00266. The maximum Gasteiger partial charge on any atom is 0.224 e. The van der Waals surface area contributed by atoms with Crippen LogP contribution in [-0.4, -0.2) is 23.3 Å². The van der Waals surface area contributed by atoms with Gasteiger partial charge in [-0.05, 0) is 42.5 Å². The number of carbonyl (C=O) groups is 2. The molecule has 1 heterocycles. The number of hydrogen-bond acceptors (Lipinski definition) is 3. The van der Waals surface area contributed by atoms with E-state index >= 15 is 0 Å². The van der Waals surface area contributed by atoms with E-state index in [1.807, 2.05) is 30.3 Å². The Morgan fingerprint density at radius 3 is 2.32 bits per heavy atom. The number of benzene rings is 1. The van der Waals surface area contributed by atoms with Gasteiger partial charge in [0, 0.05) is 25.5 Å². The third-order valence-electron chi connectivity index (χ3n) is 4.46. The van der Waals surface area contributed by atoms with Gasteiger partial charge in [0.1, 0.15) is 0 Å². The molecule has 3 rings (SSSR count). The molecular formula is C20H23N3O2. The molecule has 1 fully saturated rings. The second-order valence-electron chi connectivity index (χ2n) is 6.40. The minimum Gasteiger partial charge on any atom is -0.356 e. The first-order chi connectivity index (χ1) is 12.2. The minimum atomic E-state index is -0.184. The standard InChI is InChI=1S/C20H23N3O2/c24-19(22-10-4-7-15-5-2-1-3-6-15)17-13-18(17)20(25)23-14-16-8-11-21-12-9-16/h1-3,5-6,8-9,11-12,17-18H,4,7,10,13-14H2,(H,22,24)(H,23,25). The molecule has 5 heteroatoms. The maximum atomic E-state index is 12.1. The summed E-state index contributed by atoms with van der Waals surface area (Å²) in [6.07, 6.45) is 5.89. The summed E-state index contributed by atoms with van der Waals surface area (Å²) in [7, 11) is 0. The molecule has 1 saturated carbocycles. The van der Waals surface area contributed by atoms with Crippen molar-refractivity contribution in [2.45, 2.75) is 25.8 Å². The van der Waals surface area contributed by atoms with E-state index in [1.165, 1.54) is 5.56 Å². The van der Waals surface area contributed by atoms with E-state index in [-0.39, 0.29) is 23.7 Å². The van der Waals surface area contributed by atoms with Gasteiger partial charge in [0.2, 0.25) is 11.8 Å². The summed E-state index contributed by atoms with van der Waals surface area (Å²) in [6, 6.07) is 13.9. The van der Waals surface area contributed by atoms with Crippen molar-refractivity contribution < 1.29 is 9.59 Å². The van der Waals surface area contributed by atoms with Crippen LogP contribution < -0.4 is 10.6 Å². The van der Waals surface area contributed by atoms with Crippen LogP contribution in [0.25, 0.3) is 0 Å². The van der Waals surface area contributed by atoms with Gasteiger partial charge in [0.05, 0.1) is 11.8 Å². The normalized spacial score (nSPS) is 18.4. The predicted octanol–water partition coefficient (Wildman–Crippen LogP) is 2.08. The molecule has 2 aromatic rings. The molecule has 1 aliphatic carbocycles. The Balaban J connectivity index is 1.32. The Morgan fingerprint density at radius 2 is 1.60 bits per heavy atom. The molecule has 5 nitrogen and oxygen atoms in total. The van der Waals surface area contributed by atoms with E-state index < -0.39 is 0 Å². The number of nitrogens with one attached hydrogen (secondary N) is 2. The van der Waals surface area contributed by atoms with Crippen LogP contribution in [0.1, 0.15) is 24.0 Å². The zero-order valence-corrected chi connectivity index (χ0v) is 14.2. The summed E-state index contributed by atoms with van der Waals surface area (Å²) >= 11 is 0. The average molecular weight is 337 g/mol. The van der Waals surface area contributed by atoms with E-state index in [2.05, 4.69) is 27.8 Å². The van der Waals surface area contributed by atoms with Crippen LogP contribution >= 0.6 is 0 Å². The molecule has 2 unspecified atom stereocenters. The van der Waals surface area contributed by atoms with Gasteiger partial charge in [-0.2, -0.15) is 0 Å². The fraction of sp³-hybridized carbons (Fsp3) is 0.350. The van der Waals surface area contributed by atoms with Crippen molar-refractivity contribution in [1.29, 1.82) is 0 Å². The fourth-order valence-electron chi connectivity index (χ4n) is 2.88. The van der Waals surface area contributed by atoms with E-state index in [0.717, 1.165) is 18.4 Å². The Morgan fingerprint density at radius 1 is 0.920 bits per heavy atom. The highest BCUT2D eigenvalue weighted by Crippen LogP contribution is 2.38. The summed E-state index contributed by atoms with van der Waals surface area (Å²) in [5.41, 5.74) is 2.28. The van der Waals surface area contributed by atoms with Crippen molar-refractivity contribution in [2.24, 2.45) is 11.8 Å². The lowest BCUT2D eigenvalue weighted by atomic mass is 10.1. The average Bonchev–Trinajstić information content (AvgIpc) is 3.46. The van der Waals surface area contributed by atoms with Gasteiger partial charge in [-0.25, -0.2) is 0 Å². The molecule has 0 radical (unpaired) electrons. The second-order valence-corrected chi connectivity index (χ2v) is 6.40. The van der Waals surface area contributed by atoms with Crippen molar-refractivity contribution >= 4 is 11.8 Å². The van der Waals surface area contributed by atoms with Gasteiger partial charge in [-0.1, -0.05) is 30.3 Å². The highest BCUT2D eigenvalue weighted by atomic mass is 16.2. The molecular weight excluding hydrogens is 314 g/mol. The van der Waals surface area contributed by atoms with Gasteiger partial charge >= 0.3 is 0 Å². The quantitative estimate of drug-likeness (QED) is 0.725. The third-order valence-corrected chi connectivity index (χ3v) is 4.46. The molecule has 0 spiro atoms. The largest absolute Gasteiger partial charge is 0.356 e. The fourth-order valence-corrected chi connectivity index (χ4v) is 2.88. The summed E-state index contributed by atoms with van der Waals surface area (Å²) in [5, 5.41) is 5.83. The van der Waals surface area contributed by atoms with Crippen molar-refractivity contribution in [3.63, 3.8) is 0 Å². The van der Waals surface area contributed by atoms with Crippen LogP contribution in [-0.2, 0) is 22.6 Å². The first-order valence-corrected chi connectivity index (χ1v) is 8.72. The first kappa shape index (κ1) is 17.1. The Hall–Kier alpha value is -2.69. The van der Waals surface area contributed by atoms with Gasteiger partial charge in [-0.3, -0.25) is 14.6 Å². The van der Waals surface area contributed by atoms with Gasteiger partial charge in [0.15, 0.2) is 0 Å². The van der Waals surface area contributed by atoms with Crippen LogP contribution in [0.3, 0.4) is 0 Å². The molecule has 1 aromatic carbocycles. The molecule has 1 aromatic heterocycles. The van der Waals surface area contributed by atoms with E-state index in [1.54, 1.807) is 12.4 Å². The summed E-state index contributed by atoms with van der Waals surface area (Å²) in [5.74, 6) is -0.400. The first-order valence-electron chi connectivity index (χ1n) is 8.72. The summed E-state index contributed by atoms with van der Waals surface area (Å²) in [6.45, 7) is 1.12. The number of amides is 2. The van der Waals surface area contributed by atoms with Gasteiger partial charge in [0.25, 0.3) is 0 Å². The second kappa shape index (κ2) is 8.42. The molecule has 2 atom stereocenters. The van der Waals surface area contributed by atoms with Crippen molar-refractivity contribution in [1.82, 2.24) is 15.6 Å². The highest BCUT2D eigenvalue weighted by molar-refractivity contribution is 5.92. The summed E-state index contributed by atoms with van der Waals surface area (Å²) < 4.78 is 0. The van der Waals surface area contributed by atoms with Crippen molar-refractivity contribution in [3.8, 4) is 0 Å². The molecule has 0 bridgehead atoms. The van der Waals surface area contributed by atoms with Gasteiger partial charge < -0.3 is 10.6 Å². The number of aryl methyl sites for hydroxylation is 1. The number of aromatic nitrogens is 1. The Kier molecular flexibility index (Phi) is 5.77. The zero-order chi connectivity index (χ0) is 17.5. The lowest BCUT2D eigenvalue weighted by Gasteiger charge is -2.06. The van der Waals surface area contributed by atoms with Crippen LogP contribution in [0.15, 0.2) is 54.9 Å². The number of nitrogens with zero attached hydrogens (tertiary/aromatic N) is 1. The van der Waals surface area contributed by atoms with Crippen molar-refractivity contribution in [2.75, 3.05) is 6.54 Å². The maximum absolute atomic E-state index is 12.1. The lowest BCUT2D eigenvalue weighted by molar-refractivity contribution is -0.127. The lowest BCUT2D eigenvalue weighted by Crippen LogP contribution is -2.30. The van der Waals surface area contributed by atoms with Crippen LogP contribution in [0.2, 0.25) is 0 Å². The van der Waals surface area contributed by atoms with E-state index in [0.29, 0.717) is 19.5 Å². The smallest absolute Gasteiger partial charge is 0.224 e. The van der Waals surface area contributed by atoms with Gasteiger partial charge in [-0.15, -0.1) is 0 Å². The molecule has 0 aliphatic heterocycles. The van der Waals surface area contributed by atoms with E-state index in [9.17, 15) is 9.59 Å². The van der Waals surface area contributed by atoms with Crippen molar-refractivity contribution in [3.05, 3.63) is 66.0 Å². The van der Waals surface area contributed by atoms with Crippen LogP contribution in [0.4, 0.5) is 0 Å². The SMILES string of the molecule is O=C(NCCCc1ccccc1)C1CC1C(=O)NCc1ccncc1. The monoisotopic (exact) mass is 337 g/mol. The molecule has 0 saturated heterocycles. The summed E-state index contributed by atoms with van der Waals surface area (Å²) in [4.78, 5) is 28.2. The number of rotatable bonds is 8. The zero-order valence-electron chi connectivity index (χ0n) is 14.2. The molecule has 2 N–H and O–H groups in total. The number of pyridine rings is 1. The van der Waals surface area contributed by atoms with Crippen LogP contribution in [0.5, 0.6) is 0 Å². The number of carbonyl (C=O) groups excluding carboxylic acids is 2. The predicted molar refractivity (Wildman–Crippen MR) is 95.5 cm³/mol. The Labute approximate surface area is 147 Å².